The zero-order valence-electron chi connectivity index (χ0n) is 16.0. The predicted octanol–water partition coefficient (Wildman–Crippen LogP) is 3.37. The van der Waals surface area contributed by atoms with Crippen LogP contribution in [-0.2, 0) is 0 Å². The molecule has 146 valence electrons. The number of oxazole rings is 1. The van der Waals surface area contributed by atoms with Crippen molar-refractivity contribution in [3.63, 3.8) is 0 Å². The Morgan fingerprint density at radius 1 is 1.03 bits per heavy atom. The molecule has 0 saturated heterocycles. The first-order valence-electron chi connectivity index (χ1n) is 9.62. The normalized spacial score (nSPS) is 24.3. The fourth-order valence-corrected chi connectivity index (χ4v) is 4.68. The molecule has 2 heterocycles. The molecule has 6 rings (SSSR count). The summed E-state index contributed by atoms with van der Waals surface area (Å²) in [6.07, 6.45) is 7.46. The molecule has 3 fully saturated rings. The van der Waals surface area contributed by atoms with E-state index < -0.39 is 0 Å². The third-order valence-electron chi connectivity index (χ3n) is 5.87. The van der Waals surface area contributed by atoms with Crippen molar-refractivity contribution in [1.82, 2.24) is 20.3 Å². The van der Waals surface area contributed by atoms with Crippen molar-refractivity contribution in [2.45, 2.75) is 38.1 Å². The van der Waals surface area contributed by atoms with E-state index >= 15 is 0 Å². The van der Waals surface area contributed by atoms with Gasteiger partial charge in [-0.2, -0.15) is 0 Å². The Hall–Kier alpha value is -3.35. The van der Waals surface area contributed by atoms with E-state index in [-0.39, 0.29) is 28.4 Å². The molecule has 3 aliphatic carbocycles. The van der Waals surface area contributed by atoms with Crippen LogP contribution in [0.2, 0.25) is 0 Å². The molecule has 1 aromatic carbocycles. The van der Waals surface area contributed by atoms with Crippen molar-refractivity contribution < 1.29 is 14.0 Å². The minimum Gasteiger partial charge on any atom is -0.431 e. The molecule has 1 amide bonds. The number of nitrogens with zero attached hydrogens (tertiary/aromatic N) is 3. The van der Waals surface area contributed by atoms with Crippen molar-refractivity contribution in [3.05, 3.63) is 66.1 Å². The molecule has 1 N–H and O–H groups in total. The lowest BCUT2D eigenvalue weighted by Crippen LogP contribution is -2.74. The van der Waals surface area contributed by atoms with Gasteiger partial charge in [0.2, 0.25) is 11.7 Å². The lowest BCUT2D eigenvalue weighted by molar-refractivity contribution is -0.144. The highest BCUT2D eigenvalue weighted by molar-refractivity contribution is 5.95. The zero-order chi connectivity index (χ0) is 20.1. The van der Waals surface area contributed by atoms with Gasteiger partial charge in [-0.3, -0.25) is 14.6 Å². The van der Waals surface area contributed by atoms with E-state index in [4.69, 9.17) is 4.42 Å². The molecule has 0 unspecified atom stereocenters. The van der Waals surface area contributed by atoms with Gasteiger partial charge in [0.25, 0.3) is 5.91 Å². The molecule has 2 bridgehead atoms. The number of hydrogen-bond donors (Lipinski definition) is 1. The second-order valence-electron chi connectivity index (χ2n) is 8.30. The largest absolute Gasteiger partial charge is 0.431 e. The molecule has 0 atom stereocenters. The summed E-state index contributed by atoms with van der Waals surface area (Å²) in [6, 6.07) is 9.46. The van der Waals surface area contributed by atoms with Crippen LogP contribution in [0, 0.1) is 12.3 Å². The van der Waals surface area contributed by atoms with Crippen molar-refractivity contribution in [2.24, 2.45) is 5.41 Å². The van der Waals surface area contributed by atoms with Crippen molar-refractivity contribution in [2.75, 3.05) is 0 Å². The Morgan fingerprint density at radius 3 is 2.48 bits per heavy atom. The van der Waals surface area contributed by atoms with Crippen molar-refractivity contribution >= 4 is 11.7 Å². The van der Waals surface area contributed by atoms with Gasteiger partial charge >= 0.3 is 0 Å². The Balaban J connectivity index is 1.18. The summed E-state index contributed by atoms with van der Waals surface area (Å²) in [4.78, 5) is 37.5. The maximum absolute atomic E-state index is 12.6. The van der Waals surface area contributed by atoms with Crippen LogP contribution >= 0.6 is 0 Å². The molecular weight excluding hydrogens is 368 g/mol. The van der Waals surface area contributed by atoms with Crippen LogP contribution in [0.5, 0.6) is 0 Å². The summed E-state index contributed by atoms with van der Waals surface area (Å²) in [5.74, 6) is 0.381. The summed E-state index contributed by atoms with van der Waals surface area (Å²) in [5, 5.41) is 3.07. The summed E-state index contributed by atoms with van der Waals surface area (Å²) in [7, 11) is 0. The number of aryl methyl sites for hydroxylation is 1. The van der Waals surface area contributed by atoms with Crippen molar-refractivity contribution in [3.8, 4) is 11.5 Å². The Kier molecular flexibility index (Phi) is 3.87. The van der Waals surface area contributed by atoms with E-state index in [0.717, 1.165) is 30.5 Å². The third kappa shape index (κ3) is 3.12. The van der Waals surface area contributed by atoms with Gasteiger partial charge in [0.05, 0.1) is 18.1 Å². The summed E-state index contributed by atoms with van der Waals surface area (Å²) >= 11 is 0. The highest BCUT2D eigenvalue weighted by atomic mass is 16.4. The molecule has 7 nitrogen and oxygen atoms in total. The highest BCUT2D eigenvalue weighted by Crippen LogP contribution is 2.69. The average Bonchev–Trinajstić information content (AvgIpc) is 3.17. The van der Waals surface area contributed by atoms with Gasteiger partial charge in [-0.05, 0) is 43.7 Å². The van der Waals surface area contributed by atoms with Gasteiger partial charge in [0, 0.05) is 23.7 Å². The minimum atomic E-state index is -0.260. The molecule has 0 radical (unpaired) electrons. The van der Waals surface area contributed by atoms with Crippen LogP contribution in [0.15, 0.2) is 53.3 Å². The smallest absolute Gasteiger partial charge is 0.289 e. The lowest BCUT2D eigenvalue weighted by atomic mass is 9.38. The van der Waals surface area contributed by atoms with Gasteiger partial charge < -0.3 is 9.73 Å². The van der Waals surface area contributed by atoms with Crippen LogP contribution in [0.1, 0.15) is 52.4 Å². The molecule has 2 aromatic heterocycles. The topological polar surface area (TPSA) is 98.0 Å². The zero-order valence-corrected chi connectivity index (χ0v) is 16.0. The number of hydrogen-bond acceptors (Lipinski definition) is 6. The highest BCUT2D eigenvalue weighted by Gasteiger charge is 2.68. The first kappa shape index (κ1) is 17.7. The van der Waals surface area contributed by atoms with E-state index in [0.29, 0.717) is 18.0 Å². The molecule has 0 aliphatic heterocycles. The molecular formula is C22H20N4O3. The van der Waals surface area contributed by atoms with Crippen LogP contribution in [0.4, 0.5) is 0 Å². The number of benzene rings is 1. The summed E-state index contributed by atoms with van der Waals surface area (Å²) in [5.41, 5.74) is 1.78. The fourth-order valence-electron chi connectivity index (χ4n) is 4.68. The van der Waals surface area contributed by atoms with Gasteiger partial charge in [-0.25, -0.2) is 9.97 Å². The van der Waals surface area contributed by atoms with E-state index in [2.05, 4.69) is 20.3 Å². The van der Waals surface area contributed by atoms with Crippen LogP contribution in [0.3, 0.4) is 0 Å². The van der Waals surface area contributed by atoms with Crippen LogP contribution in [-0.4, -0.2) is 32.2 Å². The third-order valence-corrected chi connectivity index (χ3v) is 5.87. The van der Waals surface area contributed by atoms with Crippen LogP contribution < -0.4 is 5.32 Å². The Bertz CT molecular complexity index is 1070. The Labute approximate surface area is 167 Å². The summed E-state index contributed by atoms with van der Waals surface area (Å²) in [6.45, 7) is 1.84. The second kappa shape index (κ2) is 6.34. The quantitative estimate of drug-likeness (QED) is 0.650. The number of amides is 1. The number of carbonyl (C=O) groups is 2. The molecule has 29 heavy (non-hydrogen) atoms. The van der Waals surface area contributed by atoms with E-state index in [1.54, 1.807) is 6.20 Å². The van der Waals surface area contributed by atoms with E-state index in [1.807, 2.05) is 37.3 Å². The first-order valence-corrected chi connectivity index (χ1v) is 9.62. The SMILES string of the molecule is Cc1cnc(C(=O)CC23CC(NC(=O)c4cnc(-c5ccccc5)o4)(C2)C3)cn1. The monoisotopic (exact) mass is 388 g/mol. The molecule has 3 aliphatic rings. The van der Waals surface area contributed by atoms with E-state index in [1.165, 1.54) is 12.4 Å². The number of Topliss-reactive ketones (excluding diaryl/α,β-unsaturated/α-hetero) is 1. The lowest BCUT2D eigenvalue weighted by Gasteiger charge is -2.70. The maximum atomic E-state index is 12.6. The second-order valence-corrected chi connectivity index (χ2v) is 8.30. The van der Waals surface area contributed by atoms with Gasteiger partial charge in [-0.15, -0.1) is 0 Å². The molecule has 7 heteroatoms. The maximum Gasteiger partial charge on any atom is 0.289 e. The summed E-state index contributed by atoms with van der Waals surface area (Å²) < 4.78 is 5.63. The van der Waals surface area contributed by atoms with E-state index in [9.17, 15) is 9.59 Å². The standard InChI is InChI=1S/C22H20N4O3/c1-14-8-24-16(9-23-14)17(27)7-21-11-22(12-21,13-21)26-19(28)18-10-25-20(29-18)15-5-3-2-4-6-15/h2-6,8-10H,7,11-13H2,1H3,(H,26,28). The molecule has 0 spiro atoms. The van der Waals surface area contributed by atoms with Crippen LogP contribution in [0.25, 0.3) is 11.5 Å². The first-order chi connectivity index (χ1) is 14.0. The Morgan fingerprint density at radius 2 is 1.79 bits per heavy atom. The fraction of sp³-hybridized carbons (Fsp3) is 0.318. The molecule has 3 saturated carbocycles. The number of rotatable bonds is 6. The van der Waals surface area contributed by atoms with Gasteiger partial charge in [0.15, 0.2) is 5.78 Å². The average molecular weight is 388 g/mol. The number of aromatic nitrogens is 3. The minimum absolute atomic E-state index is 0.0138. The number of ketones is 1. The predicted molar refractivity (Wildman–Crippen MR) is 104 cm³/mol. The van der Waals surface area contributed by atoms with Gasteiger partial charge in [0.1, 0.15) is 5.69 Å². The van der Waals surface area contributed by atoms with Gasteiger partial charge in [-0.1, -0.05) is 18.2 Å². The molecule has 3 aromatic rings. The van der Waals surface area contributed by atoms with Crippen molar-refractivity contribution in [1.29, 1.82) is 0 Å². The number of carbonyl (C=O) groups excluding carboxylic acids is 2. The number of nitrogens with one attached hydrogen (secondary N) is 1.